The van der Waals surface area contributed by atoms with Crippen molar-refractivity contribution in [3.05, 3.63) is 53.2 Å². The molecule has 0 radical (unpaired) electrons. The molecule has 3 heteroatoms. The number of aryl methyl sites for hydroxylation is 1. The van der Waals surface area contributed by atoms with Gasteiger partial charge in [-0.05, 0) is 23.6 Å². The zero-order valence-corrected chi connectivity index (χ0v) is 9.85. The van der Waals surface area contributed by atoms with E-state index in [0.29, 0.717) is 0 Å². The van der Waals surface area contributed by atoms with Crippen LogP contribution in [0.2, 0.25) is 0 Å². The summed E-state index contributed by atoms with van der Waals surface area (Å²) in [5, 5.41) is 0. The molecule has 0 amide bonds. The molecule has 3 nitrogen and oxygen atoms in total. The molecule has 0 unspecified atom stereocenters. The van der Waals surface area contributed by atoms with E-state index in [1.54, 1.807) is 0 Å². The molecule has 2 aromatic rings. The highest BCUT2D eigenvalue weighted by Crippen LogP contribution is 2.28. The van der Waals surface area contributed by atoms with Crippen molar-refractivity contribution in [3.63, 3.8) is 0 Å². The Kier molecular flexibility index (Phi) is 2.25. The number of rotatable bonds is 1. The first-order chi connectivity index (χ1) is 8.24. The third-order valence-corrected chi connectivity index (χ3v) is 3.30. The van der Waals surface area contributed by atoms with Crippen LogP contribution in [0.25, 0.3) is 0 Å². The molecule has 0 saturated carbocycles. The van der Waals surface area contributed by atoms with Crippen molar-refractivity contribution in [2.75, 3.05) is 10.6 Å². The summed E-state index contributed by atoms with van der Waals surface area (Å²) in [6, 6.07) is 10.5. The van der Waals surface area contributed by atoms with Crippen molar-refractivity contribution in [3.8, 4) is 0 Å². The lowest BCUT2D eigenvalue weighted by molar-refractivity contribution is 0.856. The Morgan fingerprint density at radius 3 is 2.41 bits per heavy atom. The van der Waals surface area contributed by atoms with Crippen LogP contribution in [0.1, 0.15) is 16.7 Å². The van der Waals surface area contributed by atoms with Gasteiger partial charge in [0.05, 0.1) is 0 Å². The molecular formula is C14H15N3. The number of hydrogen-bond acceptors (Lipinski definition) is 3. The number of anilines is 2. The van der Waals surface area contributed by atoms with Crippen LogP contribution >= 0.6 is 0 Å². The molecule has 0 saturated heterocycles. The standard InChI is InChI=1S/C14H15N3/c1-10-7-16-14(6-13(10)15)17-8-11-4-2-3-5-12(11)9-17/h2-7H,8-9H2,1H3,(H2,15,16). The fraction of sp³-hybridized carbons (Fsp3) is 0.214. The topological polar surface area (TPSA) is 42.2 Å². The lowest BCUT2D eigenvalue weighted by Crippen LogP contribution is -2.16. The molecule has 1 aliphatic heterocycles. The molecule has 1 aliphatic rings. The largest absolute Gasteiger partial charge is 0.398 e. The van der Waals surface area contributed by atoms with Crippen LogP contribution in [0.3, 0.4) is 0 Å². The Morgan fingerprint density at radius 2 is 1.82 bits per heavy atom. The van der Waals surface area contributed by atoms with Crippen LogP contribution in [0, 0.1) is 6.92 Å². The summed E-state index contributed by atoms with van der Waals surface area (Å²) in [6.45, 7) is 3.82. The summed E-state index contributed by atoms with van der Waals surface area (Å²) >= 11 is 0. The highest BCUT2D eigenvalue weighted by atomic mass is 15.2. The fourth-order valence-corrected chi connectivity index (χ4v) is 2.20. The van der Waals surface area contributed by atoms with E-state index in [1.165, 1.54) is 11.1 Å². The third-order valence-electron chi connectivity index (χ3n) is 3.30. The van der Waals surface area contributed by atoms with Crippen molar-refractivity contribution in [1.29, 1.82) is 0 Å². The zero-order chi connectivity index (χ0) is 11.8. The molecule has 0 spiro atoms. The van der Waals surface area contributed by atoms with E-state index < -0.39 is 0 Å². The van der Waals surface area contributed by atoms with E-state index in [-0.39, 0.29) is 0 Å². The van der Waals surface area contributed by atoms with Crippen molar-refractivity contribution >= 4 is 11.5 Å². The lowest BCUT2D eigenvalue weighted by atomic mass is 10.1. The summed E-state index contributed by atoms with van der Waals surface area (Å²) in [6.07, 6.45) is 1.84. The van der Waals surface area contributed by atoms with Gasteiger partial charge in [-0.25, -0.2) is 4.98 Å². The number of hydrogen-bond donors (Lipinski definition) is 1. The van der Waals surface area contributed by atoms with Gasteiger partial charge in [0.2, 0.25) is 0 Å². The van der Waals surface area contributed by atoms with Crippen molar-refractivity contribution < 1.29 is 0 Å². The number of nitrogens with zero attached hydrogens (tertiary/aromatic N) is 2. The first-order valence-corrected chi connectivity index (χ1v) is 5.78. The maximum Gasteiger partial charge on any atom is 0.131 e. The monoisotopic (exact) mass is 225 g/mol. The maximum atomic E-state index is 5.93. The van der Waals surface area contributed by atoms with Crippen LogP contribution in [-0.4, -0.2) is 4.98 Å². The number of nitrogens with two attached hydrogens (primary N) is 1. The minimum absolute atomic E-state index is 0.811. The van der Waals surface area contributed by atoms with E-state index in [2.05, 4.69) is 34.1 Å². The minimum atomic E-state index is 0.811. The van der Waals surface area contributed by atoms with Crippen LogP contribution < -0.4 is 10.6 Å². The smallest absolute Gasteiger partial charge is 0.131 e. The van der Waals surface area contributed by atoms with Gasteiger partial charge in [0.1, 0.15) is 5.82 Å². The SMILES string of the molecule is Cc1cnc(N2Cc3ccccc3C2)cc1N. The Labute approximate surface area is 101 Å². The Hall–Kier alpha value is -2.03. The van der Waals surface area contributed by atoms with E-state index in [0.717, 1.165) is 30.2 Å². The molecule has 17 heavy (non-hydrogen) atoms. The zero-order valence-electron chi connectivity index (χ0n) is 9.85. The van der Waals surface area contributed by atoms with Gasteiger partial charge in [-0.15, -0.1) is 0 Å². The second-order valence-corrected chi connectivity index (χ2v) is 4.52. The average Bonchev–Trinajstić information content (AvgIpc) is 2.76. The lowest BCUT2D eigenvalue weighted by Gasteiger charge is -2.17. The quantitative estimate of drug-likeness (QED) is 0.810. The van der Waals surface area contributed by atoms with Gasteiger partial charge < -0.3 is 10.6 Å². The summed E-state index contributed by atoms with van der Waals surface area (Å²) in [5.41, 5.74) is 10.5. The number of benzene rings is 1. The Morgan fingerprint density at radius 1 is 1.18 bits per heavy atom. The molecule has 0 bridgehead atoms. The van der Waals surface area contributed by atoms with E-state index in [1.807, 2.05) is 19.2 Å². The van der Waals surface area contributed by atoms with Crippen molar-refractivity contribution in [2.24, 2.45) is 0 Å². The first-order valence-electron chi connectivity index (χ1n) is 5.78. The van der Waals surface area contributed by atoms with Gasteiger partial charge in [0.25, 0.3) is 0 Å². The predicted octanol–water partition coefficient (Wildman–Crippen LogP) is 2.49. The molecule has 0 aliphatic carbocycles. The van der Waals surface area contributed by atoms with Gasteiger partial charge in [0, 0.05) is 31.0 Å². The van der Waals surface area contributed by atoms with Crippen LogP contribution in [0.15, 0.2) is 36.5 Å². The molecule has 0 fully saturated rings. The molecule has 0 atom stereocenters. The second-order valence-electron chi connectivity index (χ2n) is 4.52. The Balaban J connectivity index is 1.91. The van der Waals surface area contributed by atoms with E-state index in [4.69, 9.17) is 5.73 Å². The summed E-state index contributed by atoms with van der Waals surface area (Å²) < 4.78 is 0. The molecule has 2 heterocycles. The third kappa shape index (κ3) is 1.73. The van der Waals surface area contributed by atoms with Gasteiger partial charge in [0.15, 0.2) is 0 Å². The molecule has 1 aromatic heterocycles. The Bertz CT molecular complexity index is 538. The highest BCUT2D eigenvalue weighted by Gasteiger charge is 2.19. The number of aromatic nitrogens is 1. The molecule has 1 aromatic carbocycles. The minimum Gasteiger partial charge on any atom is -0.398 e. The fourth-order valence-electron chi connectivity index (χ4n) is 2.20. The normalized spacial score (nSPS) is 13.8. The average molecular weight is 225 g/mol. The van der Waals surface area contributed by atoms with Gasteiger partial charge in [-0.2, -0.15) is 0 Å². The summed E-state index contributed by atoms with van der Waals surface area (Å²) in [7, 11) is 0. The van der Waals surface area contributed by atoms with E-state index >= 15 is 0 Å². The van der Waals surface area contributed by atoms with Gasteiger partial charge in [-0.1, -0.05) is 24.3 Å². The van der Waals surface area contributed by atoms with Crippen molar-refractivity contribution in [2.45, 2.75) is 20.0 Å². The van der Waals surface area contributed by atoms with E-state index in [9.17, 15) is 0 Å². The summed E-state index contributed by atoms with van der Waals surface area (Å²) in [4.78, 5) is 6.70. The number of fused-ring (bicyclic) bond motifs is 1. The first kappa shape index (κ1) is 10.1. The number of pyridine rings is 1. The number of nitrogen functional groups attached to an aromatic ring is 1. The van der Waals surface area contributed by atoms with Crippen LogP contribution in [0.5, 0.6) is 0 Å². The van der Waals surface area contributed by atoms with Crippen LogP contribution in [-0.2, 0) is 13.1 Å². The molecule has 2 N–H and O–H groups in total. The second kappa shape index (κ2) is 3.77. The van der Waals surface area contributed by atoms with Gasteiger partial charge in [-0.3, -0.25) is 0 Å². The maximum absolute atomic E-state index is 5.93. The molecule has 86 valence electrons. The highest BCUT2D eigenvalue weighted by molar-refractivity contribution is 5.56. The molecular weight excluding hydrogens is 210 g/mol. The van der Waals surface area contributed by atoms with Gasteiger partial charge >= 0.3 is 0 Å². The predicted molar refractivity (Wildman–Crippen MR) is 69.7 cm³/mol. The van der Waals surface area contributed by atoms with Crippen molar-refractivity contribution in [1.82, 2.24) is 4.98 Å². The molecule has 3 rings (SSSR count). The summed E-state index contributed by atoms with van der Waals surface area (Å²) in [5.74, 6) is 0.962. The van der Waals surface area contributed by atoms with Crippen LogP contribution in [0.4, 0.5) is 11.5 Å².